The first-order chi connectivity index (χ1) is 13.7. The third-order valence-corrected chi connectivity index (χ3v) is 5.66. The van der Waals surface area contributed by atoms with Gasteiger partial charge >= 0.3 is 0 Å². The van der Waals surface area contributed by atoms with E-state index in [4.69, 9.17) is 4.55 Å². The molecule has 0 fully saturated rings. The van der Waals surface area contributed by atoms with Gasteiger partial charge in [-0.25, -0.2) is 0 Å². The Morgan fingerprint density at radius 1 is 1.00 bits per heavy atom. The molecule has 0 saturated carbocycles. The van der Waals surface area contributed by atoms with Gasteiger partial charge in [-0.1, -0.05) is 23.8 Å². The van der Waals surface area contributed by atoms with Crippen molar-refractivity contribution in [2.75, 3.05) is 24.7 Å². The topological polar surface area (TPSA) is 61.5 Å². The second kappa shape index (κ2) is 8.76. The molecule has 3 rings (SSSR count). The van der Waals surface area contributed by atoms with Crippen molar-refractivity contribution in [3.63, 3.8) is 0 Å². The third-order valence-electron chi connectivity index (χ3n) is 4.86. The molecule has 5 nitrogen and oxygen atoms in total. The second-order valence-corrected chi connectivity index (χ2v) is 9.00. The van der Waals surface area contributed by atoms with Crippen LogP contribution in [0.1, 0.15) is 23.2 Å². The smallest absolute Gasteiger partial charge is 0.265 e. The van der Waals surface area contributed by atoms with Crippen LogP contribution in [-0.2, 0) is 16.7 Å². The van der Waals surface area contributed by atoms with E-state index in [1.807, 2.05) is 39.2 Å². The molecule has 3 aromatic rings. The minimum Gasteiger partial charge on any atom is -0.378 e. The SMILES string of the molecule is Cc1ccc2c(ccc(/C=C/c3ccc(N(C)C)cc3)[n+]2CCCS(=O)(=O)O)c1. The molecule has 0 amide bonds. The van der Waals surface area contributed by atoms with Crippen LogP contribution in [-0.4, -0.2) is 32.8 Å². The van der Waals surface area contributed by atoms with Crippen LogP contribution in [0.5, 0.6) is 0 Å². The normalized spacial score (nSPS) is 12.0. The number of benzene rings is 2. The maximum absolute atomic E-state index is 11.1. The predicted octanol–water partition coefficient (Wildman–Crippen LogP) is 3.95. The number of aromatic nitrogens is 1. The van der Waals surface area contributed by atoms with Gasteiger partial charge in [-0.05, 0) is 42.8 Å². The zero-order chi connectivity index (χ0) is 21.0. The van der Waals surface area contributed by atoms with E-state index in [1.165, 1.54) is 5.56 Å². The monoisotopic (exact) mass is 411 g/mol. The Morgan fingerprint density at radius 2 is 1.72 bits per heavy atom. The Bertz CT molecular complexity index is 1130. The van der Waals surface area contributed by atoms with Crippen LogP contribution in [0.4, 0.5) is 5.69 Å². The Balaban J connectivity index is 1.94. The van der Waals surface area contributed by atoms with Gasteiger partial charge < -0.3 is 4.90 Å². The lowest BCUT2D eigenvalue weighted by Crippen LogP contribution is -2.38. The molecule has 0 spiro atoms. The van der Waals surface area contributed by atoms with Crippen molar-refractivity contribution in [1.82, 2.24) is 0 Å². The largest absolute Gasteiger partial charge is 0.378 e. The highest BCUT2D eigenvalue weighted by Crippen LogP contribution is 2.17. The Hall–Kier alpha value is -2.70. The number of nitrogens with zero attached hydrogens (tertiary/aromatic N) is 2. The molecule has 1 aromatic heterocycles. The number of fused-ring (bicyclic) bond motifs is 1. The fourth-order valence-corrected chi connectivity index (χ4v) is 3.82. The molecular formula is C23H27N2O3S+. The summed E-state index contributed by atoms with van der Waals surface area (Å²) in [4.78, 5) is 2.06. The molecule has 0 radical (unpaired) electrons. The first-order valence-electron chi connectivity index (χ1n) is 9.57. The number of rotatable bonds is 7. The molecule has 152 valence electrons. The average molecular weight is 412 g/mol. The molecule has 0 saturated heterocycles. The first-order valence-corrected chi connectivity index (χ1v) is 11.2. The zero-order valence-corrected chi connectivity index (χ0v) is 17.9. The highest BCUT2D eigenvalue weighted by Gasteiger charge is 2.15. The summed E-state index contributed by atoms with van der Waals surface area (Å²) in [5.41, 5.74) is 5.42. The fourth-order valence-electron chi connectivity index (χ4n) is 3.32. The van der Waals surface area contributed by atoms with E-state index in [-0.39, 0.29) is 5.75 Å². The molecule has 2 aromatic carbocycles. The molecule has 0 aliphatic carbocycles. The fraction of sp³-hybridized carbons (Fsp3) is 0.261. The molecule has 1 heterocycles. The first kappa shape index (κ1) is 21.0. The molecule has 0 atom stereocenters. The predicted molar refractivity (Wildman–Crippen MR) is 120 cm³/mol. The van der Waals surface area contributed by atoms with Crippen molar-refractivity contribution >= 4 is 38.9 Å². The highest BCUT2D eigenvalue weighted by atomic mass is 32.2. The van der Waals surface area contributed by atoms with Crippen molar-refractivity contribution < 1.29 is 17.5 Å². The van der Waals surface area contributed by atoms with Crippen molar-refractivity contribution in [2.45, 2.75) is 19.9 Å². The summed E-state index contributed by atoms with van der Waals surface area (Å²) in [5.74, 6) is -0.253. The van der Waals surface area contributed by atoms with Crippen molar-refractivity contribution in [3.05, 3.63) is 71.4 Å². The van der Waals surface area contributed by atoms with Gasteiger partial charge in [-0.3, -0.25) is 4.55 Å². The van der Waals surface area contributed by atoms with Crippen LogP contribution in [0.3, 0.4) is 0 Å². The number of hydrogen-bond acceptors (Lipinski definition) is 3. The molecule has 6 heteroatoms. The summed E-state index contributed by atoms with van der Waals surface area (Å²) < 4.78 is 33.4. The molecule has 0 aliphatic rings. The number of hydrogen-bond donors (Lipinski definition) is 1. The summed E-state index contributed by atoms with van der Waals surface area (Å²) >= 11 is 0. The van der Waals surface area contributed by atoms with Gasteiger partial charge in [0.05, 0.1) is 5.75 Å². The molecule has 0 unspecified atom stereocenters. The highest BCUT2D eigenvalue weighted by molar-refractivity contribution is 7.85. The summed E-state index contributed by atoms with van der Waals surface area (Å²) in [6, 6.07) is 18.6. The van der Waals surface area contributed by atoms with Gasteiger partial charge in [-0.15, -0.1) is 0 Å². The zero-order valence-electron chi connectivity index (χ0n) is 17.0. The van der Waals surface area contributed by atoms with Crippen molar-refractivity contribution in [1.29, 1.82) is 0 Å². The lowest BCUT2D eigenvalue weighted by Gasteiger charge is -2.11. The third kappa shape index (κ3) is 5.65. The van der Waals surface area contributed by atoms with E-state index >= 15 is 0 Å². The summed E-state index contributed by atoms with van der Waals surface area (Å²) in [6.45, 7) is 2.55. The van der Waals surface area contributed by atoms with Gasteiger partial charge in [0.2, 0.25) is 11.2 Å². The lowest BCUT2D eigenvalue weighted by molar-refractivity contribution is -0.673. The maximum atomic E-state index is 11.1. The quantitative estimate of drug-likeness (QED) is 0.472. The molecule has 0 aliphatic heterocycles. The Kier molecular flexibility index (Phi) is 6.35. The van der Waals surface area contributed by atoms with Gasteiger partial charge in [-0.2, -0.15) is 13.0 Å². The van der Waals surface area contributed by atoms with Crippen LogP contribution in [0, 0.1) is 6.92 Å². The maximum Gasteiger partial charge on any atom is 0.265 e. The summed E-state index contributed by atoms with van der Waals surface area (Å²) in [6.07, 6.45) is 4.43. The Labute approximate surface area is 172 Å². The van der Waals surface area contributed by atoms with Crippen LogP contribution in [0.2, 0.25) is 0 Å². The van der Waals surface area contributed by atoms with E-state index < -0.39 is 10.1 Å². The van der Waals surface area contributed by atoms with Crippen LogP contribution < -0.4 is 9.47 Å². The number of anilines is 1. The minimum atomic E-state index is -3.97. The van der Waals surface area contributed by atoms with Gasteiger partial charge in [0.1, 0.15) is 0 Å². The van der Waals surface area contributed by atoms with E-state index in [9.17, 15) is 8.42 Å². The number of aryl methyl sites for hydroxylation is 2. The van der Waals surface area contributed by atoms with Crippen molar-refractivity contribution in [2.24, 2.45) is 0 Å². The lowest BCUT2D eigenvalue weighted by atomic mass is 10.1. The molecule has 1 N–H and O–H groups in total. The van der Waals surface area contributed by atoms with Gasteiger partial charge in [0.25, 0.3) is 10.1 Å². The number of pyridine rings is 1. The summed E-state index contributed by atoms with van der Waals surface area (Å²) in [7, 11) is 0.0532. The Morgan fingerprint density at radius 3 is 2.38 bits per heavy atom. The van der Waals surface area contributed by atoms with E-state index in [1.54, 1.807) is 0 Å². The molecular weight excluding hydrogens is 384 g/mol. The average Bonchev–Trinajstić information content (AvgIpc) is 2.66. The van der Waals surface area contributed by atoms with Crippen LogP contribution in [0.25, 0.3) is 23.1 Å². The second-order valence-electron chi connectivity index (χ2n) is 7.43. The van der Waals surface area contributed by atoms with Gasteiger partial charge in [0, 0.05) is 49.8 Å². The van der Waals surface area contributed by atoms with Crippen LogP contribution in [0.15, 0.2) is 54.6 Å². The van der Waals surface area contributed by atoms with Gasteiger partial charge in [0.15, 0.2) is 6.54 Å². The minimum absolute atomic E-state index is 0.253. The van der Waals surface area contributed by atoms with Crippen LogP contribution >= 0.6 is 0 Å². The van der Waals surface area contributed by atoms with E-state index in [0.29, 0.717) is 13.0 Å². The summed E-state index contributed by atoms with van der Waals surface area (Å²) in [5, 5.41) is 1.10. The molecule has 29 heavy (non-hydrogen) atoms. The van der Waals surface area contributed by atoms with E-state index in [2.05, 4.69) is 58.0 Å². The standard InChI is InChI=1S/C23H26N2O3S/c1-18-5-14-23-20(17-18)9-13-22(25(23)15-4-16-29(26,27)28)12-8-19-6-10-21(11-7-19)24(2)3/h5-14,17H,4,15-16H2,1-3H3/p+1. The van der Waals surface area contributed by atoms with E-state index in [0.717, 1.165) is 27.8 Å². The molecule has 0 bridgehead atoms. The van der Waals surface area contributed by atoms with Crippen molar-refractivity contribution in [3.8, 4) is 0 Å².